The van der Waals surface area contributed by atoms with Gasteiger partial charge in [0.1, 0.15) is 6.10 Å². The number of nitrogens with two attached hydrogens (primary N) is 1. The zero-order valence-corrected chi connectivity index (χ0v) is 11.4. The summed E-state index contributed by atoms with van der Waals surface area (Å²) in [7, 11) is 0. The number of hydrogen-bond donors (Lipinski definition) is 1. The maximum absolute atomic E-state index is 12.0. The lowest BCUT2D eigenvalue weighted by atomic mass is 9.97. The van der Waals surface area contributed by atoms with E-state index in [1.165, 1.54) is 0 Å². The lowest BCUT2D eigenvalue weighted by Crippen LogP contribution is -2.27. The Bertz CT molecular complexity index is 362. The molecule has 100 valence electrons. The number of carbonyl (C=O) groups is 1. The molecule has 1 aromatic carbocycles. The summed E-state index contributed by atoms with van der Waals surface area (Å²) in [5.74, 6) is 0.0526. The Hall–Kier alpha value is -1.35. The van der Waals surface area contributed by atoms with E-state index in [0.29, 0.717) is 12.5 Å². The molecule has 1 rings (SSSR count). The molecule has 2 unspecified atom stereocenters. The van der Waals surface area contributed by atoms with Gasteiger partial charge in [0.25, 0.3) is 0 Å². The van der Waals surface area contributed by atoms with Crippen LogP contribution < -0.4 is 5.73 Å². The van der Waals surface area contributed by atoms with E-state index in [1.807, 2.05) is 37.3 Å². The van der Waals surface area contributed by atoms with Gasteiger partial charge in [0, 0.05) is 6.54 Å². The molecule has 0 fully saturated rings. The molecule has 0 saturated carbocycles. The number of benzene rings is 1. The van der Waals surface area contributed by atoms with Crippen molar-refractivity contribution in [2.75, 3.05) is 6.54 Å². The number of esters is 1. The van der Waals surface area contributed by atoms with Crippen molar-refractivity contribution in [1.29, 1.82) is 0 Å². The molecule has 0 amide bonds. The van der Waals surface area contributed by atoms with Gasteiger partial charge in [0.15, 0.2) is 0 Å². The number of hydrogen-bond acceptors (Lipinski definition) is 3. The predicted octanol–water partition coefficient (Wildman–Crippen LogP) is 2.91. The van der Waals surface area contributed by atoms with Crippen LogP contribution in [0.2, 0.25) is 0 Å². The minimum absolute atomic E-state index is 0.192. The maximum atomic E-state index is 12.0. The van der Waals surface area contributed by atoms with Gasteiger partial charge < -0.3 is 10.5 Å². The summed E-state index contributed by atoms with van der Waals surface area (Å²) in [6.45, 7) is 6.39. The average Bonchev–Trinajstić information content (AvgIpc) is 2.36. The van der Waals surface area contributed by atoms with Crippen LogP contribution in [0.25, 0.3) is 0 Å². The molecule has 3 nitrogen and oxygen atoms in total. The Morgan fingerprint density at radius 2 is 1.83 bits per heavy atom. The van der Waals surface area contributed by atoms with E-state index in [-0.39, 0.29) is 18.0 Å². The van der Waals surface area contributed by atoms with E-state index >= 15 is 0 Å². The Kier molecular flexibility index (Phi) is 5.86. The first-order chi connectivity index (χ1) is 8.54. The molecule has 0 spiro atoms. The second-order valence-electron chi connectivity index (χ2n) is 5.05. The average molecular weight is 249 g/mol. The molecule has 0 saturated heterocycles. The fourth-order valence-electron chi connectivity index (χ4n) is 1.92. The lowest BCUT2D eigenvalue weighted by molar-refractivity contribution is -0.153. The Morgan fingerprint density at radius 1 is 1.22 bits per heavy atom. The van der Waals surface area contributed by atoms with Crippen LogP contribution in [-0.2, 0) is 9.53 Å². The third-order valence-corrected chi connectivity index (χ3v) is 2.94. The molecule has 0 aliphatic rings. The van der Waals surface area contributed by atoms with Crippen molar-refractivity contribution in [3.8, 4) is 0 Å². The lowest BCUT2D eigenvalue weighted by Gasteiger charge is -2.19. The van der Waals surface area contributed by atoms with Gasteiger partial charge in [-0.05, 0) is 24.8 Å². The van der Waals surface area contributed by atoms with Gasteiger partial charge in [-0.2, -0.15) is 0 Å². The van der Waals surface area contributed by atoms with Crippen molar-refractivity contribution in [3.05, 3.63) is 35.9 Å². The van der Waals surface area contributed by atoms with Crippen molar-refractivity contribution in [2.24, 2.45) is 17.6 Å². The van der Waals surface area contributed by atoms with Gasteiger partial charge in [0.2, 0.25) is 0 Å². The number of carbonyl (C=O) groups excluding carboxylic acids is 1. The van der Waals surface area contributed by atoms with Crippen molar-refractivity contribution in [3.63, 3.8) is 0 Å². The zero-order chi connectivity index (χ0) is 13.5. The van der Waals surface area contributed by atoms with E-state index < -0.39 is 0 Å². The highest BCUT2D eigenvalue weighted by molar-refractivity contribution is 5.73. The summed E-state index contributed by atoms with van der Waals surface area (Å²) in [5, 5.41) is 0. The zero-order valence-electron chi connectivity index (χ0n) is 11.4. The van der Waals surface area contributed by atoms with Gasteiger partial charge in [-0.25, -0.2) is 0 Å². The van der Waals surface area contributed by atoms with Crippen molar-refractivity contribution in [2.45, 2.75) is 33.3 Å². The van der Waals surface area contributed by atoms with Gasteiger partial charge in [-0.1, -0.05) is 44.2 Å². The summed E-state index contributed by atoms with van der Waals surface area (Å²) in [6.07, 6.45) is 0.552. The first kappa shape index (κ1) is 14.7. The molecule has 18 heavy (non-hydrogen) atoms. The Morgan fingerprint density at radius 3 is 2.33 bits per heavy atom. The summed E-state index contributed by atoms with van der Waals surface area (Å²) in [5.41, 5.74) is 6.64. The highest BCUT2D eigenvalue weighted by atomic mass is 16.5. The van der Waals surface area contributed by atoms with Crippen LogP contribution in [0.3, 0.4) is 0 Å². The van der Waals surface area contributed by atoms with Gasteiger partial charge in [-0.15, -0.1) is 0 Å². The van der Waals surface area contributed by atoms with E-state index in [9.17, 15) is 4.79 Å². The molecular formula is C15H23NO2. The summed E-state index contributed by atoms with van der Waals surface area (Å²) in [4.78, 5) is 12.0. The van der Waals surface area contributed by atoms with E-state index in [4.69, 9.17) is 10.5 Å². The summed E-state index contributed by atoms with van der Waals surface area (Å²) in [6, 6.07) is 9.73. The van der Waals surface area contributed by atoms with Crippen LogP contribution in [-0.4, -0.2) is 12.5 Å². The summed E-state index contributed by atoms with van der Waals surface area (Å²) >= 11 is 0. The molecule has 2 N–H and O–H groups in total. The van der Waals surface area contributed by atoms with Crippen LogP contribution in [0, 0.1) is 11.8 Å². The first-order valence-corrected chi connectivity index (χ1v) is 6.50. The number of ether oxygens (including phenoxy) is 1. The Balaban J connectivity index is 2.58. The quantitative estimate of drug-likeness (QED) is 0.789. The van der Waals surface area contributed by atoms with Crippen LogP contribution >= 0.6 is 0 Å². The van der Waals surface area contributed by atoms with Gasteiger partial charge in [-0.3, -0.25) is 4.79 Å². The SMILES string of the molecule is CC(C)CC(CN)C(=O)OC(C)c1ccccc1. The molecule has 2 atom stereocenters. The van der Waals surface area contributed by atoms with E-state index in [2.05, 4.69) is 13.8 Å². The summed E-state index contributed by atoms with van der Waals surface area (Å²) < 4.78 is 5.47. The van der Waals surface area contributed by atoms with Gasteiger partial charge in [0.05, 0.1) is 5.92 Å². The first-order valence-electron chi connectivity index (χ1n) is 6.50. The highest BCUT2D eigenvalue weighted by Crippen LogP contribution is 2.20. The standard InChI is InChI=1S/C15H23NO2/c1-11(2)9-14(10-16)15(17)18-12(3)13-7-5-4-6-8-13/h4-8,11-12,14H,9-10,16H2,1-3H3. The molecular weight excluding hydrogens is 226 g/mol. The van der Waals surface area contributed by atoms with Crippen molar-refractivity contribution in [1.82, 2.24) is 0 Å². The van der Waals surface area contributed by atoms with Crippen molar-refractivity contribution >= 4 is 5.97 Å². The molecule has 1 aromatic rings. The van der Waals surface area contributed by atoms with Crippen LogP contribution in [0.15, 0.2) is 30.3 Å². The largest absolute Gasteiger partial charge is 0.458 e. The topological polar surface area (TPSA) is 52.3 Å². The fourth-order valence-corrected chi connectivity index (χ4v) is 1.92. The molecule has 0 aromatic heterocycles. The van der Waals surface area contributed by atoms with Crippen molar-refractivity contribution < 1.29 is 9.53 Å². The minimum Gasteiger partial charge on any atom is -0.458 e. The smallest absolute Gasteiger partial charge is 0.310 e. The molecule has 0 radical (unpaired) electrons. The highest BCUT2D eigenvalue weighted by Gasteiger charge is 2.22. The second-order valence-corrected chi connectivity index (χ2v) is 5.05. The third-order valence-electron chi connectivity index (χ3n) is 2.94. The molecule has 0 heterocycles. The predicted molar refractivity (Wildman–Crippen MR) is 72.9 cm³/mol. The van der Waals surface area contributed by atoms with E-state index in [1.54, 1.807) is 0 Å². The number of rotatable bonds is 6. The molecule has 0 bridgehead atoms. The fraction of sp³-hybridized carbons (Fsp3) is 0.533. The Labute approximate surface area is 109 Å². The monoisotopic (exact) mass is 249 g/mol. The second kappa shape index (κ2) is 7.17. The van der Waals surface area contributed by atoms with Crippen LogP contribution in [0.5, 0.6) is 0 Å². The minimum atomic E-state index is -0.222. The molecule has 0 aliphatic heterocycles. The third kappa shape index (κ3) is 4.49. The van der Waals surface area contributed by atoms with E-state index in [0.717, 1.165) is 12.0 Å². The van der Waals surface area contributed by atoms with Crippen LogP contribution in [0.4, 0.5) is 0 Å². The van der Waals surface area contributed by atoms with Crippen LogP contribution in [0.1, 0.15) is 38.9 Å². The van der Waals surface area contributed by atoms with Gasteiger partial charge >= 0.3 is 5.97 Å². The molecule has 0 aliphatic carbocycles. The molecule has 3 heteroatoms. The maximum Gasteiger partial charge on any atom is 0.310 e. The normalized spacial score (nSPS) is 14.3.